The van der Waals surface area contributed by atoms with Gasteiger partial charge in [-0.25, -0.2) is 4.98 Å². The Morgan fingerprint density at radius 1 is 1.06 bits per heavy atom. The second kappa shape index (κ2) is 9.32. The molecular weight excluding hydrogens is 394 g/mol. The number of nitrogens with one attached hydrogen (secondary N) is 1. The molecule has 0 aliphatic rings. The summed E-state index contributed by atoms with van der Waals surface area (Å²) >= 11 is 0. The number of amides is 1. The van der Waals surface area contributed by atoms with Crippen molar-refractivity contribution in [3.8, 4) is 5.75 Å². The topological polar surface area (TPSA) is 99.6 Å². The molecule has 7 heteroatoms. The Bertz CT molecular complexity index is 1190. The number of aromatic nitrogens is 1. The summed E-state index contributed by atoms with van der Waals surface area (Å²) in [6.07, 6.45) is 0. The molecule has 0 saturated heterocycles. The predicted molar refractivity (Wildman–Crippen MR) is 118 cm³/mol. The van der Waals surface area contributed by atoms with Crippen LogP contribution in [0.25, 0.3) is 11.0 Å². The lowest BCUT2D eigenvalue weighted by Gasteiger charge is -2.08. The van der Waals surface area contributed by atoms with Gasteiger partial charge in [-0.3, -0.25) is 4.79 Å². The Morgan fingerprint density at radius 3 is 2.68 bits per heavy atom. The van der Waals surface area contributed by atoms with Crippen LogP contribution in [0.3, 0.4) is 0 Å². The van der Waals surface area contributed by atoms with Crippen LogP contribution in [0.15, 0.2) is 71.1 Å². The highest BCUT2D eigenvalue weighted by atomic mass is 16.5. The fraction of sp³-hybridized carbons (Fsp3) is 0.167. The van der Waals surface area contributed by atoms with E-state index in [1.807, 2.05) is 54.6 Å². The zero-order chi connectivity index (χ0) is 21.6. The van der Waals surface area contributed by atoms with Crippen LogP contribution in [-0.2, 0) is 24.5 Å². The number of para-hydroxylation sites is 1. The highest BCUT2D eigenvalue weighted by Gasteiger charge is 2.12. The van der Waals surface area contributed by atoms with E-state index in [0.29, 0.717) is 31.0 Å². The first kappa shape index (κ1) is 20.4. The number of methoxy groups -OCH3 is 1. The third-order valence-corrected chi connectivity index (χ3v) is 4.73. The van der Waals surface area contributed by atoms with Gasteiger partial charge in [-0.15, -0.1) is 0 Å². The maximum absolute atomic E-state index is 12.5. The summed E-state index contributed by atoms with van der Waals surface area (Å²) in [6.45, 7) is 1.04. The lowest BCUT2D eigenvalue weighted by Crippen LogP contribution is -2.24. The second-order valence-corrected chi connectivity index (χ2v) is 7.04. The summed E-state index contributed by atoms with van der Waals surface area (Å²) in [5.74, 6) is 1.42. The molecule has 2 aromatic carbocycles. The van der Waals surface area contributed by atoms with E-state index in [9.17, 15) is 4.79 Å². The number of ether oxygens (including phenoxy) is 2. The molecule has 2 aromatic heterocycles. The summed E-state index contributed by atoms with van der Waals surface area (Å²) in [4.78, 5) is 16.7. The number of pyridine rings is 1. The molecule has 7 nitrogen and oxygen atoms in total. The normalized spacial score (nSPS) is 10.9. The average molecular weight is 417 g/mol. The van der Waals surface area contributed by atoms with Gasteiger partial charge in [0.1, 0.15) is 29.5 Å². The van der Waals surface area contributed by atoms with Crippen molar-refractivity contribution in [1.82, 2.24) is 10.3 Å². The van der Waals surface area contributed by atoms with Gasteiger partial charge in [-0.2, -0.15) is 0 Å². The molecule has 0 unspecified atom stereocenters. The summed E-state index contributed by atoms with van der Waals surface area (Å²) in [6, 6.07) is 20.7. The quantitative estimate of drug-likeness (QED) is 0.448. The Kier molecular flexibility index (Phi) is 6.14. The fourth-order valence-electron chi connectivity index (χ4n) is 3.22. The molecule has 0 atom stereocenters. The van der Waals surface area contributed by atoms with Crippen LogP contribution in [0.1, 0.15) is 27.4 Å². The van der Waals surface area contributed by atoms with Crippen LogP contribution in [0.2, 0.25) is 0 Å². The third kappa shape index (κ3) is 5.02. The highest BCUT2D eigenvalue weighted by molar-refractivity contribution is 5.98. The minimum absolute atomic E-state index is 0.181. The van der Waals surface area contributed by atoms with Crippen LogP contribution in [-0.4, -0.2) is 18.0 Å². The van der Waals surface area contributed by atoms with Crippen LogP contribution in [0.4, 0.5) is 5.82 Å². The standard InChI is InChI=1S/C24H23N3O4/c1-29-14-18-8-9-21(23(25)27-18)24(28)26-13-16-7-10-22-17(11-16)12-20(31-22)15-30-19-5-3-2-4-6-19/h2-12H,13-15H2,1H3,(H2,25,27)(H,26,28). The van der Waals surface area contributed by atoms with E-state index in [-0.39, 0.29) is 11.7 Å². The zero-order valence-electron chi connectivity index (χ0n) is 17.1. The van der Waals surface area contributed by atoms with Crippen molar-refractivity contribution < 1.29 is 18.7 Å². The Balaban J connectivity index is 1.39. The number of nitrogens with zero attached hydrogens (tertiary/aromatic N) is 1. The number of fused-ring (bicyclic) bond motifs is 1. The first-order valence-corrected chi connectivity index (χ1v) is 9.84. The largest absolute Gasteiger partial charge is 0.486 e. The molecule has 1 amide bonds. The van der Waals surface area contributed by atoms with Gasteiger partial charge in [0.05, 0.1) is 17.9 Å². The number of furan rings is 1. The Labute approximate surface area is 179 Å². The highest BCUT2D eigenvalue weighted by Crippen LogP contribution is 2.22. The van der Waals surface area contributed by atoms with Gasteiger partial charge in [-0.1, -0.05) is 24.3 Å². The van der Waals surface area contributed by atoms with E-state index >= 15 is 0 Å². The van der Waals surface area contributed by atoms with Crippen molar-refractivity contribution in [3.05, 3.63) is 89.3 Å². The minimum atomic E-state index is -0.279. The first-order chi connectivity index (χ1) is 15.1. The van der Waals surface area contributed by atoms with Gasteiger partial charge in [0.15, 0.2) is 0 Å². The van der Waals surface area contributed by atoms with Gasteiger partial charge >= 0.3 is 0 Å². The smallest absolute Gasteiger partial charge is 0.255 e. The number of nitrogen functional groups attached to an aromatic ring is 1. The SMILES string of the molecule is COCc1ccc(C(=O)NCc2ccc3oc(COc4ccccc4)cc3c2)c(N)n1. The van der Waals surface area contributed by atoms with Crippen molar-refractivity contribution in [2.75, 3.05) is 12.8 Å². The predicted octanol–water partition coefficient (Wildman–Crippen LogP) is 4.07. The number of benzene rings is 2. The Hall–Kier alpha value is -3.84. The molecule has 0 fully saturated rings. The zero-order valence-corrected chi connectivity index (χ0v) is 17.1. The number of anilines is 1. The van der Waals surface area contributed by atoms with Crippen molar-refractivity contribution in [2.24, 2.45) is 0 Å². The summed E-state index contributed by atoms with van der Waals surface area (Å²) in [5.41, 5.74) is 8.64. The monoisotopic (exact) mass is 417 g/mol. The number of hydrogen-bond acceptors (Lipinski definition) is 6. The summed E-state index contributed by atoms with van der Waals surface area (Å²) in [7, 11) is 1.58. The van der Waals surface area contributed by atoms with Crippen molar-refractivity contribution in [2.45, 2.75) is 19.8 Å². The molecule has 0 aliphatic carbocycles. The number of carbonyl (C=O) groups excluding carboxylic acids is 1. The maximum Gasteiger partial charge on any atom is 0.255 e. The second-order valence-electron chi connectivity index (χ2n) is 7.04. The van der Waals surface area contributed by atoms with Gasteiger partial charge in [0.25, 0.3) is 5.91 Å². The maximum atomic E-state index is 12.5. The lowest BCUT2D eigenvalue weighted by molar-refractivity contribution is 0.0951. The van der Waals surface area contributed by atoms with E-state index in [1.54, 1.807) is 19.2 Å². The van der Waals surface area contributed by atoms with Crippen molar-refractivity contribution in [3.63, 3.8) is 0 Å². The lowest BCUT2D eigenvalue weighted by atomic mass is 10.1. The molecule has 158 valence electrons. The van der Waals surface area contributed by atoms with E-state index in [1.165, 1.54) is 0 Å². The fourth-order valence-corrected chi connectivity index (χ4v) is 3.22. The van der Waals surface area contributed by atoms with Crippen molar-refractivity contribution >= 4 is 22.7 Å². The van der Waals surface area contributed by atoms with Gasteiger partial charge in [0.2, 0.25) is 0 Å². The molecule has 0 radical (unpaired) electrons. The first-order valence-electron chi connectivity index (χ1n) is 9.84. The number of rotatable bonds is 8. The molecule has 3 N–H and O–H groups in total. The van der Waals surface area contributed by atoms with Crippen molar-refractivity contribution in [1.29, 1.82) is 0 Å². The van der Waals surface area contributed by atoms with E-state index in [4.69, 9.17) is 19.6 Å². The van der Waals surface area contributed by atoms with Crippen LogP contribution < -0.4 is 15.8 Å². The molecular formula is C24H23N3O4. The van der Waals surface area contributed by atoms with Crippen LogP contribution in [0, 0.1) is 0 Å². The number of hydrogen-bond donors (Lipinski definition) is 2. The van der Waals surface area contributed by atoms with E-state index in [2.05, 4.69) is 10.3 Å². The van der Waals surface area contributed by atoms with Crippen LogP contribution >= 0.6 is 0 Å². The molecule has 2 heterocycles. The molecule has 31 heavy (non-hydrogen) atoms. The number of nitrogens with two attached hydrogens (primary N) is 1. The van der Waals surface area contributed by atoms with E-state index in [0.717, 1.165) is 28.0 Å². The summed E-state index contributed by atoms with van der Waals surface area (Å²) < 4.78 is 16.6. The number of carbonyl (C=O) groups is 1. The summed E-state index contributed by atoms with van der Waals surface area (Å²) in [5, 5.41) is 3.83. The molecule has 4 rings (SSSR count). The van der Waals surface area contributed by atoms with Gasteiger partial charge in [0, 0.05) is 19.0 Å². The minimum Gasteiger partial charge on any atom is -0.486 e. The molecule has 0 bridgehead atoms. The third-order valence-electron chi connectivity index (χ3n) is 4.73. The Morgan fingerprint density at radius 2 is 1.90 bits per heavy atom. The van der Waals surface area contributed by atoms with Gasteiger partial charge < -0.3 is 24.9 Å². The molecule has 0 spiro atoms. The average Bonchev–Trinajstić information content (AvgIpc) is 3.19. The molecule has 4 aromatic rings. The van der Waals surface area contributed by atoms with Gasteiger partial charge in [-0.05, 0) is 48.0 Å². The molecule has 0 saturated carbocycles. The molecule has 0 aliphatic heterocycles. The van der Waals surface area contributed by atoms with E-state index < -0.39 is 0 Å². The van der Waals surface area contributed by atoms with Crippen LogP contribution in [0.5, 0.6) is 5.75 Å².